The highest BCUT2D eigenvalue weighted by Crippen LogP contribution is 2.24. The van der Waals surface area contributed by atoms with Crippen LogP contribution in [0.4, 0.5) is 4.39 Å². The van der Waals surface area contributed by atoms with Gasteiger partial charge in [-0.2, -0.15) is 4.99 Å². The summed E-state index contributed by atoms with van der Waals surface area (Å²) in [4.78, 5) is 23.4. The van der Waals surface area contributed by atoms with E-state index >= 15 is 0 Å². The summed E-state index contributed by atoms with van der Waals surface area (Å²) in [5.74, 6) is 0.255. The molecule has 2 heterocycles. The van der Waals surface area contributed by atoms with E-state index in [2.05, 4.69) is 32.6 Å². The number of halogens is 2. The molecule has 4 rings (SSSR count). The molecule has 2 aromatic carbocycles. The summed E-state index contributed by atoms with van der Waals surface area (Å²) in [5.41, 5.74) is 2.18. The van der Waals surface area contributed by atoms with Gasteiger partial charge in [0, 0.05) is 27.5 Å². The van der Waals surface area contributed by atoms with Gasteiger partial charge in [0.2, 0.25) is 0 Å². The van der Waals surface area contributed by atoms with Crippen LogP contribution >= 0.6 is 22.6 Å². The van der Waals surface area contributed by atoms with Crippen molar-refractivity contribution >= 4 is 40.2 Å². The Morgan fingerprint density at radius 1 is 1.12 bits per heavy atom. The van der Waals surface area contributed by atoms with Gasteiger partial charge in [-0.3, -0.25) is 4.79 Å². The number of hydrogen-bond acceptors (Lipinski definition) is 2. The summed E-state index contributed by atoms with van der Waals surface area (Å²) in [6.07, 6.45) is 5.89. The molecule has 4 nitrogen and oxygen atoms in total. The van der Waals surface area contributed by atoms with Gasteiger partial charge in [0.05, 0.1) is 0 Å². The summed E-state index contributed by atoms with van der Waals surface area (Å²) in [7, 11) is 0. The van der Waals surface area contributed by atoms with E-state index in [4.69, 9.17) is 0 Å². The maximum absolute atomic E-state index is 13.1. The number of carbonyl (C=O) groups excluding carboxylic acids is 1. The highest BCUT2D eigenvalue weighted by atomic mass is 127. The maximum atomic E-state index is 13.1. The van der Waals surface area contributed by atoms with Gasteiger partial charge in [-0.25, -0.2) is 9.38 Å². The molecule has 0 atom stereocenters. The number of rotatable bonds is 1. The van der Waals surface area contributed by atoms with Crippen molar-refractivity contribution in [2.24, 2.45) is 9.98 Å². The summed E-state index contributed by atoms with van der Waals surface area (Å²) in [6, 6.07) is 13.1. The average Bonchev–Trinajstić information content (AvgIpc) is 2.78. The molecular formula is C20H13FIN3O. The second-order valence-corrected chi connectivity index (χ2v) is 7.10. The van der Waals surface area contributed by atoms with Gasteiger partial charge in [0.15, 0.2) is 5.84 Å². The SMILES string of the molecule is O=C(N=C1N=C2C=CC(I)=CN2Cc2ccccc21)c1ccc(F)cc1. The zero-order valence-corrected chi connectivity index (χ0v) is 15.7. The first-order valence-electron chi connectivity index (χ1n) is 7.98. The number of nitrogens with zero attached hydrogens (tertiary/aromatic N) is 3. The van der Waals surface area contributed by atoms with Crippen molar-refractivity contribution in [3.05, 3.63) is 93.0 Å². The van der Waals surface area contributed by atoms with Gasteiger partial charge in [0.25, 0.3) is 5.91 Å². The van der Waals surface area contributed by atoms with E-state index < -0.39 is 11.7 Å². The van der Waals surface area contributed by atoms with E-state index in [9.17, 15) is 9.18 Å². The molecule has 2 aliphatic heterocycles. The van der Waals surface area contributed by atoms with Crippen LogP contribution in [0.25, 0.3) is 0 Å². The lowest BCUT2D eigenvalue weighted by Gasteiger charge is -2.21. The lowest BCUT2D eigenvalue weighted by atomic mass is 10.1. The third-order valence-electron chi connectivity index (χ3n) is 4.08. The van der Waals surface area contributed by atoms with E-state index in [1.807, 2.05) is 47.5 Å². The van der Waals surface area contributed by atoms with Gasteiger partial charge in [-0.1, -0.05) is 24.3 Å². The van der Waals surface area contributed by atoms with Crippen LogP contribution < -0.4 is 0 Å². The van der Waals surface area contributed by atoms with Crippen molar-refractivity contribution in [3.8, 4) is 0 Å². The largest absolute Gasteiger partial charge is 0.327 e. The van der Waals surface area contributed by atoms with Gasteiger partial charge >= 0.3 is 0 Å². The second-order valence-electron chi connectivity index (χ2n) is 5.85. The molecule has 0 spiro atoms. The number of amidine groups is 2. The van der Waals surface area contributed by atoms with E-state index in [-0.39, 0.29) is 0 Å². The minimum Gasteiger partial charge on any atom is -0.327 e. The topological polar surface area (TPSA) is 45.0 Å². The van der Waals surface area contributed by atoms with Gasteiger partial charge in [-0.05, 0) is 64.6 Å². The number of aliphatic imine (C=N–C) groups is 2. The van der Waals surface area contributed by atoms with Crippen molar-refractivity contribution in [1.29, 1.82) is 0 Å². The van der Waals surface area contributed by atoms with Crippen LogP contribution in [0.15, 0.2) is 80.4 Å². The van der Waals surface area contributed by atoms with E-state index in [0.29, 0.717) is 17.9 Å². The smallest absolute Gasteiger partial charge is 0.279 e. The lowest BCUT2D eigenvalue weighted by molar-refractivity contribution is 0.100. The minimum absolute atomic E-state index is 0.325. The first kappa shape index (κ1) is 16.8. The van der Waals surface area contributed by atoms with Crippen LogP contribution in [0, 0.1) is 5.82 Å². The Bertz CT molecular complexity index is 1010. The Morgan fingerprint density at radius 3 is 2.69 bits per heavy atom. The molecule has 0 N–H and O–H groups in total. The highest BCUT2D eigenvalue weighted by molar-refractivity contribution is 14.1. The fourth-order valence-corrected chi connectivity index (χ4v) is 3.32. The fraction of sp³-hybridized carbons (Fsp3) is 0.0500. The van der Waals surface area contributed by atoms with Crippen molar-refractivity contribution < 1.29 is 9.18 Å². The predicted molar refractivity (Wildman–Crippen MR) is 108 cm³/mol. The normalized spacial score (nSPS) is 17.2. The molecule has 2 aromatic rings. The summed E-state index contributed by atoms with van der Waals surface area (Å²) in [6.45, 7) is 0.648. The second kappa shape index (κ2) is 6.95. The van der Waals surface area contributed by atoms with Gasteiger partial charge in [-0.15, -0.1) is 0 Å². The Kier molecular flexibility index (Phi) is 4.50. The van der Waals surface area contributed by atoms with Crippen LogP contribution in [-0.4, -0.2) is 22.5 Å². The Hall–Kier alpha value is -2.61. The summed E-state index contributed by atoms with van der Waals surface area (Å²) >= 11 is 2.26. The summed E-state index contributed by atoms with van der Waals surface area (Å²) < 4.78 is 14.2. The maximum Gasteiger partial charge on any atom is 0.279 e. The first-order valence-corrected chi connectivity index (χ1v) is 9.05. The molecule has 0 radical (unpaired) electrons. The zero-order valence-electron chi connectivity index (χ0n) is 13.6. The fourth-order valence-electron chi connectivity index (χ4n) is 2.80. The van der Waals surface area contributed by atoms with Crippen LogP contribution in [0.1, 0.15) is 21.5 Å². The number of fused-ring (bicyclic) bond motifs is 2. The number of amides is 1. The van der Waals surface area contributed by atoms with Crippen molar-refractivity contribution in [2.45, 2.75) is 6.54 Å². The molecule has 0 saturated heterocycles. The molecule has 0 unspecified atom stereocenters. The van der Waals surface area contributed by atoms with E-state index in [1.54, 1.807) is 0 Å². The zero-order chi connectivity index (χ0) is 18.1. The Balaban J connectivity index is 1.80. The average molecular weight is 457 g/mol. The van der Waals surface area contributed by atoms with Gasteiger partial charge < -0.3 is 4.90 Å². The van der Waals surface area contributed by atoms with Crippen molar-refractivity contribution in [2.75, 3.05) is 0 Å². The number of allylic oxidation sites excluding steroid dienone is 2. The summed E-state index contributed by atoms with van der Waals surface area (Å²) in [5, 5.41) is 0. The molecule has 0 aliphatic carbocycles. The van der Waals surface area contributed by atoms with Crippen LogP contribution in [-0.2, 0) is 6.54 Å². The minimum atomic E-state index is -0.447. The molecule has 0 fully saturated rings. The molecule has 26 heavy (non-hydrogen) atoms. The van der Waals surface area contributed by atoms with E-state index in [0.717, 1.165) is 20.5 Å². The molecule has 0 saturated carbocycles. The Labute approximate surface area is 163 Å². The highest BCUT2D eigenvalue weighted by Gasteiger charge is 2.21. The van der Waals surface area contributed by atoms with Crippen molar-refractivity contribution in [3.63, 3.8) is 0 Å². The molecule has 0 bridgehead atoms. The van der Waals surface area contributed by atoms with E-state index in [1.165, 1.54) is 24.3 Å². The van der Waals surface area contributed by atoms with Crippen LogP contribution in [0.5, 0.6) is 0 Å². The Morgan fingerprint density at radius 2 is 1.88 bits per heavy atom. The molecular weight excluding hydrogens is 444 g/mol. The predicted octanol–water partition coefficient (Wildman–Crippen LogP) is 4.47. The standard InChI is InChI=1S/C20H13FIN3O/c21-15-7-5-13(6-8-15)20(26)24-19-17-4-2-1-3-14(17)11-25-12-16(22)9-10-18(25)23-19/h1-10,12H,11H2. The molecule has 1 amide bonds. The molecule has 6 heteroatoms. The first-order chi connectivity index (χ1) is 12.6. The third-order valence-corrected chi connectivity index (χ3v) is 4.72. The molecule has 128 valence electrons. The lowest BCUT2D eigenvalue weighted by Crippen LogP contribution is -2.24. The quantitative estimate of drug-likeness (QED) is 0.594. The van der Waals surface area contributed by atoms with Crippen molar-refractivity contribution in [1.82, 2.24) is 4.90 Å². The van der Waals surface area contributed by atoms with Gasteiger partial charge in [0.1, 0.15) is 11.7 Å². The number of hydrogen-bond donors (Lipinski definition) is 0. The molecule has 2 aliphatic rings. The number of carbonyl (C=O) groups is 1. The molecule has 0 aromatic heterocycles. The number of benzene rings is 2. The van der Waals surface area contributed by atoms with Crippen LogP contribution in [0.2, 0.25) is 0 Å². The monoisotopic (exact) mass is 457 g/mol. The third kappa shape index (κ3) is 3.37. The van der Waals surface area contributed by atoms with Crippen LogP contribution in [0.3, 0.4) is 0 Å².